The monoisotopic (exact) mass is 287 g/mol. The van der Waals surface area contributed by atoms with Crippen LogP contribution >= 0.6 is 15.9 Å². The Balaban J connectivity index is 2.16. The molecule has 1 aromatic rings. The molecule has 1 heterocycles. The van der Waals surface area contributed by atoms with E-state index < -0.39 is 0 Å². The van der Waals surface area contributed by atoms with Gasteiger partial charge in [-0.15, -0.1) is 0 Å². The Morgan fingerprint density at radius 3 is 3.00 bits per heavy atom. The molecule has 2 unspecified atom stereocenters. The van der Waals surface area contributed by atoms with Crippen LogP contribution in [0.15, 0.2) is 22.7 Å². The van der Waals surface area contributed by atoms with Gasteiger partial charge in [0.15, 0.2) is 0 Å². The van der Waals surface area contributed by atoms with Crippen LogP contribution in [0, 0.1) is 5.82 Å². The van der Waals surface area contributed by atoms with Crippen LogP contribution in [0.25, 0.3) is 0 Å². The average Bonchev–Trinajstić information content (AvgIpc) is 2.29. The molecule has 16 heavy (non-hydrogen) atoms. The largest absolute Gasteiger partial charge is 0.368 e. The van der Waals surface area contributed by atoms with E-state index in [0.29, 0.717) is 0 Å². The predicted octanol–water partition coefficient (Wildman–Crippen LogP) is 3.03. The molecule has 0 bridgehead atoms. The lowest BCUT2D eigenvalue weighted by molar-refractivity contribution is -0.0403. The highest BCUT2D eigenvalue weighted by Crippen LogP contribution is 2.29. The highest BCUT2D eigenvalue weighted by Gasteiger charge is 2.23. The lowest BCUT2D eigenvalue weighted by Gasteiger charge is -2.31. The summed E-state index contributed by atoms with van der Waals surface area (Å²) < 4.78 is 19.7. The zero-order valence-electron chi connectivity index (χ0n) is 9.17. The van der Waals surface area contributed by atoms with E-state index in [1.54, 1.807) is 6.07 Å². The van der Waals surface area contributed by atoms with Crippen LogP contribution in [0.4, 0.5) is 4.39 Å². The van der Waals surface area contributed by atoms with Gasteiger partial charge in [0.2, 0.25) is 0 Å². The average molecular weight is 288 g/mol. The summed E-state index contributed by atoms with van der Waals surface area (Å²) in [7, 11) is 0. The van der Waals surface area contributed by atoms with Crippen molar-refractivity contribution in [2.24, 2.45) is 0 Å². The van der Waals surface area contributed by atoms with Crippen LogP contribution in [0.3, 0.4) is 0 Å². The Labute approximate surface area is 103 Å². The molecular formula is C12H15BrFNO. The summed E-state index contributed by atoms with van der Waals surface area (Å²) in [6.07, 6.45) is 1.24. The van der Waals surface area contributed by atoms with E-state index in [1.807, 2.05) is 0 Å². The maximum absolute atomic E-state index is 13.0. The molecule has 0 amide bonds. The van der Waals surface area contributed by atoms with Crippen LogP contribution in [-0.2, 0) is 4.74 Å². The van der Waals surface area contributed by atoms with E-state index in [1.165, 1.54) is 12.1 Å². The van der Waals surface area contributed by atoms with Gasteiger partial charge in [0, 0.05) is 17.6 Å². The molecule has 2 atom stereocenters. The minimum absolute atomic E-state index is 0.00803. The number of hydrogen-bond acceptors (Lipinski definition) is 2. The molecule has 1 N–H and O–H groups in total. The van der Waals surface area contributed by atoms with E-state index in [2.05, 4.69) is 28.2 Å². The molecule has 2 nitrogen and oxygen atoms in total. The fourth-order valence-electron chi connectivity index (χ4n) is 1.89. The molecule has 0 radical (unpaired) electrons. The van der Waals surface area contributed by atoms with Crippen molar-refractivity contribution in [1.29, 1.82) is 0 Å². The first-order valence-corrected chi connectivity index (χ1v) is 6.31. The molecule has 1 aliphatic heterocycles. The Morgan fingerprint density at radius 2 is 2.31 bits per heavy atom. The zero-order valence-corrected chi connectivity index (χ0v) is 10.8. The second kappa shape index (κ2) is 5.25. The fourth-order valence-corrected chi connectivity index (χ4v) is 2.50. The highest BCUT2D eigenvalue weighted by atomic mass is 79.9. The summed E-state index contributed by atoms with van der Waals surface area (Å²) >= 11 is 3.38. The third kappa shape index (κ3) is 2.62. The Morgan fingerprint density at radius 1 is 1.50 bits per heavy atom. The molecule has 0 spiro atoms. The third-order valence-electron chi connectivity index (χ3n) is 2.82. The van der Waals surface area contributed by atoms with E-state index in [9.17, 15) is 4.39 Å². The molecular weight excluding hydrogens is 273 g/mol. The minimum atomic E-state index is -0.230. The van der Waals surface area contributed by atoms with Crippen molar-refractivity contribution < 1.29 is 9.13 Å². The predicted molar refractivity (Wildman–Crippen MR) is 64.9 cm³/mol. The Kier molecular flexibility index (Phi) is 3.95. The lowest BCUT2D eigenvalue weighted by Crippen LogP contribution is -2.40. The van der Waals surface area contributed by atoms with Crippen molar-refractivity contribution in [2.45, 2.75) is 25.6 Å². The van der Waals surface area contributed by atoms with Gasteiger partial charge in [-0.05, 0) is 24.1 Å². The fraction of sp³-hybridized carbons (Fsp3) is 0.500. The normalized spacial score (nSPS) is 25.7. The molecule has 1 aromatic carbocycles. The zero-order chi connectivity index (χ0) is 11.5. The van der Waals surface area contributed by atoms with Crippen LogP contribution in [-0.4, -0.2) is 19.2 Å². The quantitative estimate of drug-likeness (QED) is 0.903. The maximum atomic E-state index is 13.0. The van der Waals surface area contributed by atoms with Gasteiger partial charge in [-0.3, -0.25) is 0 Å². The van der Waals surface area contributed by atoms with Gasteiger partial charge in [0.25, 0.3) is 0 Å². The van der Waals surface area contributed by atoms with Gasteiger partial charge in [-0.1, -0.05) is 28.9 Å². The first-order valence-electron chi connectivity index (χ1n) is 5.52. The Hall–Kier alpha value is -0.450. The van der Waals surface area contributed by atoms with Crippen molar-refractivity contribution in [3.8, 4) is 0 Å². The standard InChI is InChI=1S/C12H15BrFNO/c1-2-9-6-15-7-12(16-9)10-4-3-8(14)5-11(10)13/h3-5,9,12,15H,2,6-7H2,1H3. The van der Waals surface area contributed by atoms with Crippen LogP contribution < -0.4 is 5.32 Å². The molecule has 2 rings (SSSR count). The van der Waals surface area contributed by atoms with Gasteiger partial charge in [0.1, 0.15) is 5.82 Å². The maximum Gasteiger partial charge on any atom is 0.124 e. The van der Waals surface area contributed by atoms with Crippen LogP contribution in [0.1, 0.15) is 25.0 Å². The first kappa shape index (κ1) is 12.0. The second-order valence-corrected chi connectivity index (χ2v) is 4.83. The number of hydrogen-bond donors (Lipinski definition) is 1. The number of halogens is 2. The summed E-state index contributed by atoms with van der Waals surface area (Å²) in [5.41, 5.74) is 1.01. The summed E-state index contributed by atoms with van der Waals surface area (Å²) in [6.45, 7) is 3.78. The van der Waals surface area contributed by atoms with E-state index in [-0.39, 0.29) is 18.0 Å². The number of rotatable bonds is 2. The van der Waals surface area contributed by atoms with Gasteiger partial charge < -0.3 is 10.1 Å². The molecule has 1 aliphatic rings. The van der Waals surface area contributed by atoms with Crippen molar-refractivity contribution in [1.82, 2.24) is 5.32 Å². The Bertz CT molecular complexity index is 372. The number of morpholine rings is 1. The smallest absolute Gasteiger partial charge is 0.124 e. The summed E-state index contributed by atoms with van der Waals surface area (Å²) in [6, 6.07) is 4.73. The summed E-state index contributed by atoms with van der Waals surface area (Å²) in [5.74, 6) is -0.230. The summed E-state index contributed by atoms with van der Waals surface area (Å²) in [5, 5.41) is 3.34. The molecule has 1 fully saturated rings. The summed E-state index contributed by atoms with van der Waals surface area (Å²) in [4.78, 5) is 0. The van der Waals surface area contributed by atoms with Crippen molar-refractivity contribution in [3.05, 3.63) is 34.1 Å². The van der Waals surface area contributed by atoms with Gasteiger partial charge in [-0.2, -0.15) is 0 Å². The van der Waals surface area contributed by atoms with Crippen molar-refractivity contribution >= 4 is 15.9 Å². The minimum Gasteiger partial charge on any atom is -0.368 e. The van der Waals surface area contributed by atoms with Crippen molar-refractivity contribution in [2.75, 3.05) is 13.1 Å². The van der Waals surface area contributed by atoms with Crippen LogP contribution in [0.5, 0.6) is 0 Å². The highest BCUT2D eigenvalue weighted by molar-refractivity contribution is 9.10. The van der Waals surface area contributed by atoms with Gasteiger partial charge in [0.05, 0.1) is 12.2 Å². The van der Waals surface area contributed by atoms with E-state index in [0.717, 1.165) is 29.5 Å². The third-order valence-corrected chi connectivity index (χ3v) is 3.51. The molecule has 0 aromatic heterocycles. The molecule has 0 saturated carbocycles. The van der Waals surface area contributed by atoms with E-state index in [4.69, 9.17) is 4.74 Å². The van der Waals surface area contributed by atoms with Gasteiger partial charge >= 0.3 is 0 Å². The molecule has 0 aliphatic carbocycles. The lowest BCUT2D eigenvalue weighted by atomic mass is 10.1. The second-order valence-electron chi connectivity index (χ2n) is 3.98. The topological polar surface area (TPSA) is 21.3 Å². The number of nitrogens with one attached hydrogen (secondary N) is 1. The first-order chi connectivity index (χ1) is 7.70. The molecule has 1 saturated heterocycles. The van der Waals surface area contributed by atoms with Crippen LogP contribution in [0.2, 0.25) is 0 Å². The van der Waals surface area contributed by atoms with Gasteiger partial charge in [-0.25, -0.2) is 4.39 Å². The number of ether oxygens (including phenoxy) is 1. The SMILES string of the molecule is CCC1CNCC(c2ccc(F)cc2Br)O1. The number of benzene rings is 1. The molecule has 4 heteroatoms. The van der Waals surface area contributed by atoms with Crippen molar-refractivity contribution in [3.63, 3.8) is 0 Å². The van der Waals surface area contributed by atoms with E-state index >= 15 is 0 Å². The molecule has 88 valence electrons.